The second kappa shape index (κ2) is 26.7. The van der Waals surface area contributed by atoms with E-state index in [0.717, 1.165) is 53.9 Å². The molecule has 0 radical (unpaired) electrons. The van der Waals surface area contributed by atoms with E-state index in [1.165, 1.54) is 57.8 Å². The van der Waals surface area contributed by atoms with Crippen molar-refractivity contribution in [2.24, 2.45) is 58.2 Å². The van der Waals surface area contributed by atoms with Gasteiger partial charge in [0.25, 0.3) is 0 Å². The third-order valence-electron chi connectivity index (χ3n) is 17.3. The first-order chi connectivity index (χ1) is 34.7. The molecule has 4 aliphatic carbocycles. The van der Waals surface area contributed by atoms with Crippen LogP contribution in [-0.4, -0.2) is 61.1 Å². The molecule has 3 fully saturated rings. The van der Waals surface area contributed by atoms with Crippen LogP contribution in [0.5, 0.6) is 5.75 Å². The predicted octanol–water partition coefficient (Wildman–Crippen LogP) is 12.4. The molecule has 0 heterocycles. The van der Waals surface area contributed by atoms with Gasteiger partial charge in [0, 0.05) is 31.7 Å². The molecule has 73 heavy (non-hydrogen) atoms. The molecule has 4 amide bonds. The van der Waals surface area contributed by atoms with E-state index >= 15 is 0 Å². The van der Waals surface area contributed by atoms with E-state index in [4.69, 9.17) is 14.2 Å². The number of hydrogen-bond acceptors (Lipinski definition) is 8. The zero-order valence-electron chi connectivity index (χ0n) is 46.2. The van der Waals surface area contributed by atoms with Crippen molar-refractivity contribution in [3.8, 4) is 5.75 Å². The minimum Gasteiger partial charge on any atom is -0.429 e. The number of ether oxygens (including phenoxy) is 3. The Labute approximate surface area is 438 Å². The predicted molar refractivity (Wildman–Crippen MR) is 289 cm³/mol. The molecule has 0 saturated heterocycles. The Hall–Kier alpha value is -4.71. The van der Waals surface area contributed by atoms with Gasteiger partial charge < -0.3 is 35.5 Å². The molecule has 0 aromatic heterocycles. The van der Waals surface area contributed by atoms with Crippen LogP contribution in [0.15, 0.2) is 60.2 Å². The SMILES string of the molecule is Cc1ccc(OC(=O)OCc2ccc(NC(=O)[C@H](CC(C)C)NC(=O)[C@H](CC(C)C)NC(=O)CCC(=O)NCCCO[C@H]3CC[C@@]4(C)C(=CC[C@H]5[C@@H]6CC[C@H]([C@H](C)CCCC(C)C)[C@@]6(C)CC[C@@H]54)C3)cc2)cc1. The van der Waals surface area contributed by atoms with E-state index < -0.39 is 36.0 Å². The van der Waals surface area contributed by atoms with E-state index in [2.05, 4.69) is 62.0 Å². The van der Waals surface area contributed by atoms with Crippen molar-refractivity contribution in [3.63, 3.8) is 0 Å². The summed E-state index contributed by atoms with van der Waals surface area (Å²) in [6.45, 7) is 23.4. The summed E-state index contributed by atoms with van der Waals surface area (Å²) in [6, 6.07) is 12.1. The number of rotatable bonds is 25. The van der Waals surface area contributed by atoms with Gasteiger partial charge in [0.15, 0.2) is 0 Å². The summed E-state index contributed by atoms with van der Waals surface area (Å²) >= 11 is 0. The monoisotopic (exact) mass is 1010 g/mol. The van der Waals surface area contributed by atoms with Gasteiger partial charge in [0.1, 0.15) is 24.4 Å². The zero-order valence-corrected chi connectivity index (χ0v) is 46.2. The molecule has 4 aliphatic rings. The zero-order chi connectivity index (χ0) is 52.9. The highest BCUT2D eigenvalue weighted by Crippen LogP contribution is 2.67. The second-order valence-corrected chi connectivity index (χ2v) is 24.3. The summed E-state index contributed by atoms with van der Waals surface area (Å²) < 4.78 is 16.9. The van der Waals surface area contributed by atoms with Crippen molar-refractivity contribution in [3.05, 3.63) is 71.3 Å². The number of carbonyl (C=O) groups excluding carboxylic acids is 5. The highest BCUT2D eigenvalue weighted by atomic mass is 16.7. The van der Waals surface area contributed by atoms with E-state index in [1.807, 2.05) is 46.8 Å². The van der Waals surface area contributed by atoms with E-state index in [0.29, 0.717) is 54.8 Å². The van der Waals surface area contributed by atoms with Crippen LogP contribution in [0.4, 0.5) is 10.5 Å². The first-order valence-corrected chi connectivity index (χ1v) is 28.2. The van der Waals surface area contributed by atoms with Gasteiger partial charge in [-0.1, -0.05) is 123 Å². The maximum atomic E-state index is 13.7. The Morgan fingerprint density at radius 3 is 2.08 bits per heavy atom. The number of carbonyl (C=O) groups is 5. The van der Waals surface area contributed by atoms with Gasteiger partial charge in [-0.2, -0.15) is 0 Å². The van der Waals surface area contributed by atoms with Gasteiger partial charge >= 0.3 is 6.16 Å². The van der Waals surface area contributed by atoms with Crippen LogP contribution in [0.2, 0.25) is 0 Å². The molecular formula is C61H92N4O8. The van der Waals surface area contributed by atoms with Gasteiger partial charge in [-0.05, 0) is 166 Å². The van der Waals surface area contributed by atoms with E-state index in [1.54, 1.807) is 42.0 Å². The lowest BCUT2D eigenvalue weighted by Crippen LogP contribution is -2.53. The van der Waals surface area contributed by atoms with Gasteiger partial charge in [-0.15, -0.1) is 0 Å². The number of aryl methyl sites for hydroxylation is 1. The van der Waals surface area contributed by atoms with E-state index in [9.17, 15) is 24.0 Å². The number of nitrogens with one attached hydrogen (secondary N) is 4. The Kier molecular flexibility index (Phi) is 21.0. The summed E-state index contributed by atoms with van der Waals surface area (Å²) in [7, 11) is 0. The molecule has 12 nitrogen and oxygen atoms in total. The fourth-order valence-corrected chi connectivity index (χ4v) is 13.4. The number of amides is 4. The number of benzene rings is 2. The van der Waals surface area contributed by atoms with Crippen molar-refractivity contribution in [1.29, 1.82) is 0 Å². The van der Waals surface area contributed by atoms with Crippen molar-refractivity contribution < 1.29 is 38.2 Å². The molecule has 2 aromatic rings. The smallest absolute Gasteiger partial charge is 0.429 e. The van der Waals surface area contributed by atoms with Gasteiger partial charge in [-0.25, -0.2) is 4.79 Å². The number of hydrogen-bond donors (Lipinski definition) is 4. The molecule has 12 heteroatoms. The molecule has 0 unspecified atom stereocenters. The maximum Gasteiger partial charge on any atom is 0.514 e. The summed E-state index contributed by atoms with van der Waals surface area (Å²) in [5.41, 5.74) is 4.66. The molecule has 10 atom stereocenters. The Morgan fingerprint density at radius 2 is 1.40 bits per heavy atom. The molecule has 4 N–H and O–H groups in total. The van der Waals surface area contributed by atoms with Crippen LogP contribution >= 0.6 is 0 Å². The Morgan fingerprint density at radius 1 is 0.712 bits per heavy atom. The fraction of sp³-hybridized carbons (Fsp3) is 0.689. The first kappa shape index (κ1) is 57.6. The normalized spacial score (nSPS) is 25.6. The van der Waals surface area contributed by atoms with Crippen molar-refractivity contribution in [2.75, 3.05) is 18.5 Å². The van der Waals surface area contributed by atoms with Crippen LogP contribution < -0.4 is 26.0 Å². The summed E-state index contributed by atoms with van der Waals surface area (Å²) in [5, 5.41) is 11.6. The molecule has 2 aromatic carbocycles. The Bertz CT molecular complexity index is 2170. The van der Waals surface area contributed by atoms with Crippen LogP contribution in [0.3, 0.4) is 0 Å². The molecule has 3 saturated carbocycles. The third kappa shape index (κ3) is 16.1. The third-order valence-corrected chi connectivity index (χ3v) is 17.3. The number of allylic oxidation sites excluding steroid dienone is 1. The second-order valence-electron chi connectivity index (χ2n) is 24.3. The van der Waals surface area contributed by atoms with Crippen LogP contribution in [0.1, 0.15) is 176 Å². The molecule has 404 valence electrons. The molecule has 0 bridgehead atoms. The van der Waals surface area contributed by atoms with Crippen LogP contribution in [-0.2, 0) is 35.3 Å². The Balaban J connectivity index is 0.885. The summed E-state index contributed by atoms with van der Waals surface area (Å²) in [6.07, 6.45) is 17.7. The highest BCUT2D eigenvalue weighted by Gasteiger charge is 2.59. The van der Waals surface area contributed by atoms with Crippen molar-refractivity contribution in [1.82, 2.24) is 16.0 Å². The molecular weight excluding hydrogens is 917 g/mol. The average Bonchev–Trinajstić information content (AvgIpc) is 3.70. The maximum absolute atomic E-state index is 13.7. The standard InChI is InChI=1S/C61H92N4O8/c1-39(2)13-11-14-43(8)50-25-26-51-49-24-19-45-37-48(29-31-60(45,9)52(49)30-32-61(50,51)10)71-34-12-33-62-55(66)27-28-56(67)64-53(35-40(3)4)58(69)65-54(36-41(5)6)57(68)63-46-20-17-44(18-21-46)38-72-59(70)73-47-22-15-42(7)16-23-47/h15-23,39-41,43,48-54H,11-14,24-38H2,1-10H3,(H,62,66)(H,63,68)(H,64,67)(H,65,69)/t43-,48+,49+,50-,51+,52+,53+,54+,60+,61-/m1/s1. The fourth-order valence-electron chi connectivity index (χ4n) is 13.4. The minimum atomic E-state index is -0.882. The topological polar surface area (TPSA) is 161 Å². The molecule has 0 spiro atoms. The minimum absolute atomic E-state index is 0.000963. The number of anilines is 1. The molecule has 0 aliphatic heterocycles. The quantitative estimate of drug-likeness (QED) is 0.0331. The lowest BCUT2D eigenvalue weighted by molar-refractivity contribution is -0.132. The van der Waals surface area contributed by atoms with Gasteiger partial charge in [-0.3, -0.25) is 19.2 Å². The lowest BCUT2D eigenvalue weighted by Gasteiger charge is -2.58. The summed E-state index contributed by atoms with van der Waals surface area (Å²) in [5.74, 6) is 4.04. The largest absolute Gasteiger partial charge is 0.514 e. The first-order valence-electron chi connectivity index (χ1n) is 28.2. The highest BCUT2D eigenvalue weighted by molar-refractivity contribution is 5.98. The average molecular weight is 1010 g/mol. The van der Waals surface area contributed by atoms with E-state index in [-0.39, 0.29) is 48.7 Å². The lowest BCUT2D eigenvalue weighted by atomic mass is 9.47. The van der Waals surface area contributed by atoms with Crippen LogP contribution in [0.25, 0.3) is 0 Å². The van der Waals surface area contributed by atoms with Crippen molar-refractivity contribution >= 4 is 35.5 Å². The molecule has 6 rings (SSSR count). The number of fused-ring (bicyclic) bond motifs is 5. The van der Waals surface area contributed by atoms with Crippen molar-refractivity contribution in [2.45, 2.75) is 197 Å². The summed E-state index contributed by atoms with van der Waals surface area (Å²) in [4.78, 5) is 65.5. The van der Waals surface area contributed by atoms with Gasteiger partial charge in [0.2, 0.25) is 23.6 Å². The van der Waals surface area contributed by atoms with Gasteiger partial charge in [0.05, 0.1) is 6.10 Å². The van der Waals surface area contributed by atoms with Crippen LogP contribution in [0, 0.1) is 65.1 Å².